The molecule has 0 aromatic carbocycles. The second kappa shape index (κ2) is 1.89. The fraction of sp³-hybridized carbons (Fsp3) is 0. The average molecular weight is 109 g/mol. The van der Waals surface area contributed by atoms with Gasteiger partial charge in [-0.25, -0.2) is 4.21 Å². The number of amides is 1. The molecule has 3 N–H and O–H groups in total. The van der Waals surface area contributed by atoms with Crippen molar-refractivity contribution in [2.45, 2.75) is 0 Å². The molecule has 4 nitrogen and oxygen atoms in total. The number of hydrogen-bond donors (Lipinski definition) is 2. The van der Waals surface area contributed by atoms with Crippen LogP contribution in [0.2, 0.25) is 0 Å². The van der Waals surface area contributed by atoms with Crippen molar-refractivity contribution in [2.24, 2.45) is 5.73 Å². The second-order valence-corrected chi connectivity index (χ2v) is 1.47. The molecule has 0 radical (unpaired) electrons. The van der Waals surface area contributed by atoms with E-state index in [1.54, 1.807) is 0 Å². The topological polar surface area (TPSA) is 80.4 Å². The molecule has 0 saturated heterocycles. The van der Waals surface area contributed by atoms with Crippen LogP contribution in [0.15, 0.2) is 0 Å². The van der Waals surface area contributed by atoms with Crippen molar-refractivity contribution in [3.05, 3.63) is 0 Å². The largest absolute Gasteiger partial charge is 0.356 e. The summed E-state index contributed by atoms with van der Waals surface area (Å²) in [4.78, 5) is 9.37. The lowest BCUT2D eigenvalue weighted by Gasteiger charge is -1.75. The van der Waals surface area contributed by atoms with Crippen molar-refractivity contribution in [1.82, 2.24) is 0 Å². The zero-order valence-corrected chi connectivity index (χ0v) is 3.57. The molecule has 0 bridgehead atoms. The number of carbonyl (C=O) groups excluding carboxylic acids is 1. The maximum absolute atomic E-state index is 9.37. The van der Waals surface area contributed by atoms with E-state index in [4.69, 9.17) is 4.55 Å². The molecular formula is CH3NO3S. The minimum atomic E-state index is -2.48. The number of hydrogen-bond acceptors (Lipinski definition) is 2. The van der Waals surface area contributed by atoms with Gasteiger partial charge in [0.05, 0.1) is 0 Å². The highest BCUT2D eigenvalue weighted by Gasteiger charge is 1.96. The van der Waals surface area contributed by atoms with Crippen molar-refractivity contribution in [3.63, 3.8) is 0 Å². The monoisotopic (exact) mass is 109 g/mol. The zero-order chi connectivity index (χ0) is 5.15. The van der Waals surface area contributed by atoms with Gasteiger partial charge in [0.15, 0.2) is 0 Å². The molecule has 0 rings (SSSR count). The quantitative estimate of drug-likeness (QED) is 0.403. The van der Waals surface area contributed by atoms with E-state index >= 15 is 0 Å². The Bertz CT molecular complexity index is 76.8. The predicted molar refractivity (Wildman–Crippen MR) is 20.4 cm³/mol. The summed E-state index contributed by atoms with van der Waals surface area (Å²) < 4.78 is 17.0. The lowest BCUT2D eigenvalue weighted by atomic mass is 11.5. The molecule has 0 aliphatic carbocycles. The third kappa shape index (κ3) is 1.86. The van der Waals surface area contributed by atoms with E-state index in [1.807, 2.05) is 0 Å². The number of carbonyl (C=O) groups is 1. The first kappa shape index (κ1) is 5.58. The highest BCUT2D eigenvalue weighted by Crippen LogP contribution is 1.65. The molecule has 1 amide bonds. The Morgan fingerprint density at radius 2 is 2.00 bits per heavy atom. The van der Waals surface area contributed by atoms with Crippen LogP contribution in [-0.2, 0) is 11.1 Å². The fourth-order valence-corrected chi connectivity index (χ4v) is 0. The number of nitrogens with two attached hydrogens (primary N) is 1. The molecule has 0 aliphatic rings. The second-order valence-electron chi connectivity index (χ2n) is 0.568. The van der Waals surface area contributed by atoms with Crippen molar-refractivity contribution in [1.29, 1.82) is 0 Å². The maximum atomic E-state index is 9.37. The van der Waals surface area contributed by atoms with E-state index in [0.717, 1.165) is 0 Å². The normalized spacial score (nSPS) is 13.5. The number of rotatable bonds is 0. The number of primary amides is 1. The molecule has 0 aromatic heterocycles. The Hall–Kier alpha value is -0.420. The molecule has 0 spiro atoms. The van der Waals surface area contributed by atoms with Gasteiger partial charge in [0.1, 0.15) is 0 Å². The predicted octanol–water partition coefficient (Wildman–Crippen LogP) is -0.713. The van der Waals surface area contributed by atoms with E-state index in [9.17, 15) is 9.00 Å². The van der Waals surface area contributed by atoms with Gasteiger partial charge < -0.3 is 5.73 Å². The third-order valence-electron chi connectivity index (χ3n) is 0.172. The molecule has 0 aromatic rings. The van der Waals surface area contributed by atoms with Crippen LogP contribution in [0.5, 0.6) is 0 Å². The Morgan fingerprint density at radius 3 is 2.00 bits per heavy atom. The average Bonchev–Trinajstić information content (AvgIpc) is 1.36. The van der Waals surface area contributed by atoms with Gasteiger partial charge in [-0.2, -0.15) is 0 Å². The summed E-state index contributed by atoms with van der Waals surface area (Å²) in [5, 5.41) is -1.21. The summed E-state index contributed by atoms with van der Waals surface area (Å²) in [6, 6.07) is 0. The Labute approximate surface area is 36.6 Å². The van der Waals surface area contributed by atoms with Crippen LogP contribution >= 0.6 is 0 Å². The smallest absolute Gasteiger partial charge is 0.333 e. The van der Waals surface area contributed by atoms with Crippen LogP contribution in [-0.4, -0.2) is 14.0 Å². The van der Waals surface area contributed by atoms with E-state index in [0.29, 0.717) is 0 Å². The van der Waals surface area contributed by atoms with Crippen molar-refractivity contribution in [2.75, 3.05) is 0 Å². The lowest BCUT2D eigenvalue weighted by Crippen LogP contribution is -2.13. The molecule has 0 heterocycles. The Kier molecular flexibility index (Phi) is 1.75. The van der Waals surface area contributed by atoms with Crippen LogP contribution in [0, 0.1) is 0 Å². The van der Waals surface area contributed by atoms with Gasteiger partial charge in [-0.15, -0.1) is 0 Å². The van der Waals surface area contributed by atoms with E-state index in [-0.39, 0.29) is 0 Å². The minimum absolute atomic E-state index is 1.21. The summed E-state index contributed by atoms with van der Waals surface area (Å²) in [7, 11) is 0. The zero-order valence-electron chi connectivity index (χ0n) is 2.75. The van der Waals surface area contributed by atoms with Crippen molar-refractivity contribution < 1.29 is 13.6 Å². The standard InChI is InChI=1S/CH3NO3S/c2-1(3)6(4)5/h(H2,2,3)(H,4,5). The maximum Gasteiger partial charge on any atom is 0.333 e. The first-order valence-corrected chi connectivity index (χ1v) is 2.15. The lowest BCUT2D eigenvalue weighted by molar-refractivity contribution is 0.264. The van der Waals surface area contributed by atoms with Gasteiger partial charge in [-0.05, 0) is 0 Å². The van der Waals surface area contributed by atoms with Crippen molar-refractivity contribution in [3.8, 4) is 0 Å². The highest BCUT2D eigenvalue weighted by atomic mass is 32.2. The van der Waals surface area contributed by atoms with Gasteiger partial charge in [-0.3, -0.25) is 9.35 Å². The molecular weight excluding hydrogens is 106 g/mol. The molecule has 5 heteroatoms. The molecule has 0 aliphatic heterocycles. The molecule has 36 valence electrons. The van der Waals surface area contributed by atoms with Gasteiger partial charge in [0.2, 0.25) is 11.1 Å². The summed E-state index contributed by atoms with van der Waals surface area (Å²) in [5.41, 5.74) is 4.25. The first-order chi connectivity index (χ1) is 2.64. The van der Waals surface area contributed by atoms with Crippen LogP contribution in [0.25, 0.3) is 0 Å². The van der Waals surface area contributed by atoms with Crippen LogP contribution in [0.3, 0.4) is 0 Å². The molecule has 0 saturated carbocycles. The van der Waals surface area contributed by atoms with Gasteiger partial charge in [0, 0.05) is 0 Å². The summed E-state index contributed by atoms with van der Waals surface area (Å²) in [6.45, 7) is 0. The molecule has 1 unspecified atom stereocenters. The molecule has 1 atom stereocenters. The van der Waals surface area contributed by atoms with E-state index < -0.39 is 16.3 Å². The van der Waals surface area contributed by atoms with Crippen molar-refractivity contribution >= 4 is 16.3 Å². The third-order valence-corrected chi connectivity index (χ3v) is 0.516. The Balaban J connectivity index is 3.57. The first-order valence-electron chi connectivity index (χ1n) is 1.05. The van der Waals surface area contributed by atoms with Crippen LogP contribution in [0.1, 0.15) is 0 Å². The van der Waals surface area contributed by atoms with E-state index in [1.165, 1.54) is 0 Å². The SMILES string of the molecule is NC(=O)S(=O)O. The fourth-order valence-electron chi connectivity index (χ4n) is 0. The molecule has 6 heavy (non-hydrogen) atoms. The van der Waals surface area contributed by atoms with E-state index in [2.05, 4.69) is 5.73 Å². The van der Waals surface area contributed by atoms with Gasteiger partial charge >= 0.3 is 5.24 Å². The summed E-state index contributed by atoms with van der Waals surface area (Å²) >= 11 is -2.48. The summed E-state index contributed by atoms with van der Waals surface area (Å²) in [5.74, 6) is 0. The van der Waals surface area contributed by atoms with Crippen LogP contribution < -0.4 is 5.73 Å². The molecule has 0 fully saturated rings. The van der Waals surface area contributed by atoms with Gasteiger partial charge in [0.25, 0.3) is 0 Å². The Morgan fingerprint density at radius 1 is 1.83 bits per heavy atom. The van der Waals surface area contributed by atoms with Gasteiger partial charge in [-0.1, -0.05) is 0 Å². The minimum Gasteiger partial charge on any atom is -0.356 e. The summed E-state index contributed by atoms with van der Waals surface area (Å²) in [6.07, 6.45) is 0. The highest BCUT2D eigenvalue weighted by molar-refractivity contribution is 7.95. The van der Waals surface area contributed by atoms with Crippen LogP contribution in [0.4, 0.5) is 4.79 Å².